The van der Waals surface area contributed by atoms with Crippen molar-refractivity contribution in [2.75, 3.05) is 13.2 Å². The van der Waals surface area contributed by atoms with Crippen molar-refractivity contribution in [3.05, 3.63) is 97.4 Å². The maximum Gasteiger partial charge on any atom is 0.340 e. The van der Waals surface area contributed by atoms with E-state index in [0.717, 1.165) is 48.5 Å². The Labute approximate surface area is 229 Å². The van der Waals surface area contributed by atoms with Crippen molar-refractivity contribution in [3.8, 4) is 22.6 Å². The van der Waals surface area contributed by atoms with E-state index in [1.165, 1.54) is 31.8 Å². The molecular formula is C31H36O8. The second-order valence-electron chi connectivity index (χ2n) is 8.62. The van der Waals surface area contributed by atoms with E-state index in [0.29, 0.717) is 11.5 Å². The number of esters is 2. The summed E-state index contributed by atoms with van der Waals surface area (Å²) >= 11 is 0. The minimum absolute atomic E-state index is 0.0467. The molecule has 2 aromatic carbocycles. The lowest BCUT2D eigenvalue weighted by molar-refractivity contribution is -0.135. The van der Waals surface area contributed by atoms with Crippen LogP contribution < -0.4 is 9.47 Å². The molecule has 2 aromatic rings. The number of aliphatic hydroxyl groups excluding tert-OH is 2. The molecule has 0 bridgehead atoms. The number of hydrogen-bond acceptors (Lipinski definition) is 8. The number of carbonyl (C=O) groups is 2. The number of ether oxygens (including phenoxy) is 4. The van der Waals surface area contributed by atoms with Crippen molar-refractivity contribution >= 4 is 11.9 Å². The van der Waals surface area contributed by atoms with Crippen molar-refractivity contribution in [1.29, 1.82) is 0 Å². The van der Waals surface area contributed by atoms with Gasteiger partial charge in [-0.05, 0) is 53.8 Å². The van der Waals surface area contributed by atoms with Crippen molar-refractivity contribution in [2.24, 2.45) is 0 Å². The molecule has 0 heterocycles. The second-order valence-corrected chi connectivity index (χ2v) is 8.62. The van der Waals surface area contributed by atoms with Crippen LogP contribution in [0.4, 0.5) is 0 Å². The molecule has 0 fully saturated rings. The summed E-state index contributed by atoms with van der Waals surface area (Å²) in [6.07, 6.45) is 11.3. The van der Waals surface area contributed by atoms with Crippen molar-refractivity contribution in [2.45, 2.75) is 45.4 Å². The number of hydrogen-bond donors (Lipinski definition) is 2. The van der Waals surface area contributed by atoms with Crippen LogP contribution in [-0.4, -0.2) is 35.4 Å². The van der Waals surface area contributed by atoms with Gasteiger partial charge in [0.15, 0.2) is 0 Å². The van der Waals surface area contributed by atoms with Gasteiger partial charge in [-0.15, -0.1) is 0 Å². The van der Waals surface area contributed by atoms with E-state index >= 15 is 0 Å². The van der Waals surface area contributed by atoms with Crippen LogP contribution in [-0.2, 0) is 25.5 Å². The summed E-state index contributed by atoms with van der Waals surface area (Å²) in [7, 11) is 0. The van der Waals surface area contributed by atoms with Gasteiger partial charge >= 0.3 is 11.9 Å². The quantitative estimate of drug-likeness (QED) is 0.114. The lowest BCUT2D eigenvalue weighted by atomic mass is 9.95. The van der Waals surface area contributed by atoms with E-state index in [1.54, 1.807) is 12.1 Å². The molecule has 8 nitrogen and oxygen atoms in total. The van der Waals surface area contributed by atoms with E-state index in [2.05, 4.69) is 20.1 Å². The Balaban J connectivity index is 2.09. The first-order valence-corrected chi connectivity index (χ1v) is 12.8. The Kier molecular flexibility index (Phi) is 13.9. The zero-order valence-electron chi connectivity index (χ0n) is 22.3. The number of aliphatic hydroxyl groups is 2. The van der Waals surface area contributed by atoms with Gasteiger partial charge in [0.1, 0.15) is 36.5 Å². The van der Waals surface area contributed by atoms with E-state index < -0.39 is 25.2 Å². The molecular weight excluding hydrogens is 500 g/mol. The van der Waals surface area contributed by atoms with Gasteiger partial charge in [0.05, 0.1) is 24.4 Å². The summed E-state index contributed by atoms with van der Waals surface area (Å²) in [6.45, 7) is 8.03. The minimum atomic E-state index is -0.730. The summed E-state index contributed by atoms with van der Waals surface area (Å²) in [5.74, 6) is -0.306. The Morgan fingerprint density at radius 3 is 1.85 bits per heavy atom. The van der Waals surface area contributed by atoms with Crippen LogP contribution in [0.5, 0.6) is 11.5 Å². The third-order valence-electron chi connectivity index (χ3n) is 5.62. The van der Waals surface area contributed by atoms with Crippen LogP contribution in [0.2, 0.25) is 0 Å². The molecule has 39 heavy (non-hydrogen) atoms. The van der Waals surface area contributed by atoms with Crippen LogP contribution >= 0.6 is 0 Å². The fourth-order valence-electron chi connectivity index (χ4n) is 3.45. The third kappa shape index (κ3) is 11.0. The predicted octanol–water partition coefficient (Wildman–Crippen LogP) is 5.75. The second kappa shape index (κ2) is 17.4. The van der Waals surface area contributed by atoms with Gasteiger partial charge in [-0.2, -0.15) is 0 Å². The molecule has 0 saturated carbocycles. The highest BCUT2D eigenvalue weighted by Gasteiger charge is 2.09. The molecule has 208 valence electrons. The zero-order chi connectivity index (χ0) is 28.5. The van der Waals surface area contributed by atoms with Crippen molar-refractivity contribution in [3.63, 3.8) is 0 Å². The number of carbonyl (C=O) groups excluding carboxylic acids is 2. The molecule has 2 N–H and O–H groups in total. The van der Waals surface area contributed by atoms with Gasteiger partial charge in [0, 0.05) is 0 Å². The molecule has 0 aliphatic rings. The standard InChI is InChI=1S/C31H36O8/c1-4-5-6-7-8-9-26-20-28(37-17-19-39-31(35)24(3)22-33)14-15-29(26)25-10-12-27(13-11-25)36-16-18-38-30(34)23(2)21-32/h10-20,32-33H,2-9,21-22H2,1H3/b18-16-,19-17-. The average Bonchev–Trinajstić information content (AvgIpc) is 2.96. The molecule has 0 spiro atoms. The Hall–Kier alpha value is -4.14. The summed E-state index contributed by atoms with van der Waals surface area (Å²) in [5.41, 5.74) is 3.08. The first-order chi connectivity index (χ1) is 18.9. The van der Waals surface area contributed by atoms with Crippen LogP contribution in [0, 0.1) is 0 Å². The first-order valence-electron chi connectivity index (χ1n) is 12.8. The van der Waals surface area contributed by atoms with Gasteiger partial charge in [-0.1, -0.05) is 64.0 Å². The molecule has 0 amide bonds. The fourth-order valence-corrected chi connectivity index (χ4v) is 3.45. The number of aryl methyl sites for hydroxylation is 1. The van der Waals surface area contributed by atoms with Gasteiger partial charge < -0.3 is 29.2 Å². The molecule has 0 aliphatic carbocycles. The Morgan fingerprint density at radius 2 is 1.28 bits per heavy atom. The summed E-state index contributed by atoms with van der Waals surface area (Å²) in [6, 6.07) is 13.3. The van der Waals surface area contributed by atoms with Crippen molar-refractivity contribution in [1.82, 2.24) is 0 Å². The van der Waals surface area contributed by atoms with Gasteiger partial charge in [0.2, 0.25) is 0 Å². The van der Waals surface area contributed by atoms with Gasteiger partial charge in [-0.25, -0.2) is 9.59 Å². The molecule has 0 aliphatic heterocycles. The number of unbranched alkanes of at least 4 members (excludes halogenated alkanes) is 4. The zero-order valence-corrected chi connectivity index (χ0v) is 22.3. The normalized spacial score (nSPS) is 10.9. The maximum atomic E-state index is 11.6. The molecule has 0 aromatic heterocycles. The number of benzene rings is 2. The smallest absolute Gasteiger partial charge is 0.340 e. The highest BCUT2D eigenvalue weighted by Crippen LogP contribution is 2.30. The number of rotatable bonds is 17. The van der Waals surface area contributed by atoms with E-state index in [-0.39, 0.29) is 11.1 Å². The Bertz CT molecular complexity index is 1160. The van der Waals surface area contributed by atoms with Gasteiger partial charge in [-0.3, -0.25) is 0 Å². The molecule has 0 unspecified atom stereocenters. The first kappa shape index (κ1) is 31.1. The SMILES string of the molecule is C=C(CO)C(=O)O/C=C\Oc1ccc(-c2ccc(O/C=C\OC(=O)C(=C)CO)cc2CCCCCCC)cc1. The topological polar surface area (TPSA) is 112 Å². The summed E-state index contributed by atoms with van der Waals surface area (Å²) in [5, 5.41) is 17.8. The molecule has 2 rings (SSSR count). The largest absolute Gasteiger partial charge is 0.462 e. The predicted molar refractivity (Wildman–Crippen MR) is 149 cm³/mol. The lowest BCUT2D eigenvalue weighted by Gasteiger charge is -2.13. The van der Waals surface area contributed by atoms with Crippen LogP contribution in [0.25, 0.3) is 11.1 Å². The third-order valence-corrected chi connectivity index (χ3v) is 5.62. The van der Waals surface area contributed by atoms with E-state index in [4.69, 9.17) is 29.2 Å². The van der Waals surface area contributed by atoms with Crippen LogP contribution in [0.3, 0.4) is 0 Å². The fraction of sp³-hybridized carbons (Fsp3) is 0.290. The van der Waals surface area contributed by atoms with Crippen molar-refractivity contribution < 1.29 is 38.7 Å². The van der Waals surface area contributed by atoms with Crippen LogP contribution in [0.1, 0.15) is 44.6 Å². The average molecular weight is 537 g/mol. The van der Waals surface area contributed by atoms with Gasteiger partial charge in [0.25, 0.3) is 0 Å². The molecule has 0 atom stereocenters. The molecule has 0 radical (unpaired) electrons. The summed E-state index contributed by atoms with van der Waals surface area (Å²) in [4.78, 5) is 23.0. The monoisotopic (exact) mass is 536 g/mol. The lowest BCUT2D eigenvalue weighted by Crippen LogP contribution is -2.06. The maximum absolute atomic E-state index is 11.6. The minimum Gasteiger partial charge on any atom is -0.462 e. The Morgan fingerprint density at radius 1 is 0.744 bits per heavy atom. The van der Waals surface area contributed by atoms with E-state index in [1.807, 2.05) is 30.3 Å². The highest BCUT2D eigenvalue weighted by molar-refractivity contribution is 5.88. The molecule has 8 heteroatoms. The summed E-state index contributed by atoms with van der Waals surface area (Å²) < 4.78 is 20.8. The van der Waals surface area contributed by atoms with Crippen LogP contribution in [0.15, 0.2) is 91.8 Å². The highest BCUT2D eigenvalue weighted by atomic mass is 16.5. The van der Waals surface area contributed by atoms with E-state index in [9.17, 15) is 9.59 Å². The molecule has 0 saturated heterocycles.